The van der Waals surface area contributed by atoms with Crippen molar-refractivity contribution >= 4 is 11.6 Å². The van der Waals surface area contributed by atoms with Gasteiger partial charge in [-0.05, 0) is 30.3 Å². The fraction of sp³-hybridized carbons (Fsp3) is 0.300. The fourth-order valence-corrected chi connectivity index (χ4v) is 3.33. The van der Waals surface area contributed by atoms with Crippen molar-refractivity contribution in [2.24, 2.45) is 0 Å². The number of piperazine rings is 1. The number of nitrogens with zero attached hydrogens (tertiary/aromatic N) is 4. The standard InChI is InChI=1S/C20H20ClFN4O/c21-17-7-5-15(6-8-17)20-23-19(27-24-20)14-26-11-9-25(10-12-26)13-16-3-1-2-4-18(16)22/h1-8H,9-14H2. The quantitative estimate of drug-likeness (QED) is 0.666. The Kier molecular flexibility index (Phi) is 5.48. The van der Waals surface area contributed by atoms with Crippen molar-refractivity contribution in [3.8, 4) is 11.4 Å². The Bertz CT molecular complexity index is 891. The largest absolute Gasteiger partial charge is 0.338 e. The van der Waals surface area contributed by atoms with Crippen LogP contribution in [-0.4, -0.2) is 46.1 Å². The van der Waals surface area contributed by atoms with E-state index in [0.717, 1.165) is 37.3 Å². The molecular formula is C20H20ClFN4O. The minimum atomic E-state index is -0.138. The molecule has 0 amide bonds. The molecule has 3 aromatic rings. The van der Waals surface area contributed by atoms with Crippen LogP contribution < -0.4 is 0 Å². The van der Waals surface area contributed by atoms with Gasteiger partial charge in [-0.1, -0.05) is 35.0 Å². The summed E-state index contributed by atoms with van der Waals surface area (Å²) in [5, 5.41) is 4.73. The van der Waals surface area contributed by atoms with Gasteiger partial charge in [0.05, 0.1) is 6.54 Å². The molecule has 0 N–H and O–H groups in total. The molecule has 5 nitrogen and oxygen atoms in total. The molecule has 2 aromatic carbocycles. The summed E-state index contributed by atoms with van der Waals surface area (Å²) in [5.74, 6) is 1.03. The summed E-state index contributed by atoms with van der Waals surface area (Å²) in [7, 11) is 0. The molecule has 0 atom stereocenters. The van der Waals surface area contributed by atoms with E-state index in [4.69, 9.17) is 16.1 Å². The second kappa shape index (κ2) is 8.17. The molecule has 2 heterocycles. The van der Waals surface area contributed by atoms with E-state index in [2.05, 4.69) is 19.9 Å². The normalized spacial score (nSPS) is 15.9. The highest BCUT2D eigenvalue weighted by Crippen LogP contribution is 2.19. The van der Waals surface area contributed by atoms with Gasteiger partial charge in [-0.2, -0.15) is 4.98 Å². The second-order valence-corrected chi connectivity index (χ2v) is 7.10. The highest BCUT2D eigenvalue weighted by atomic mass is 35.5. The van der Waals surface area contributed by atoms with Crippen LogP contribution in [0.5, 0.6) is 0 Å². The van der Waals surface area contributed by atoms with E-state index in [1.807, 2.05) is 36.4 Å². The molecule has 0 spiro atoms. The Morgan fingerprint density at radius 1 is 0.926 bits per heavy atom. The van der Waals surface area contributed by atoms with Gasteiger partial charge < -0.3 is 4.52 Å². The molecule has 0 aliphatic carbocycles. The molecule has 4 rings (SSSR count). The van der Waals surface area contributed by atoms with E-state index in [1.54, 1.807) is 6.07 Å². The Morgan fingerprint density at radius 2 is 1.59 bits per heavy atom. The van der Waals surface area contributed by atoms with Crippen LogP contribution in [0.15, 0.2) is 53.1 Å². The first-order valence-electron chi connectivity index (χ1n) is 8.94. The summed E-state index contributed by atoms with van der Waals surface area (Å²) in [6, 6.07) is 14.3. The molecule has 27 heavy (non-hydrogen) atoms. The average Bonchev–Trinajstić information content (AvgIpc) is 3.14. The molecule has 1 aliphatic heterocycles. The lowest BCUT2D eigenvalue weighted by molar-refractivity contribution is 0.111. The Labute approximate surface area is 162 Å². The topological polar surface area (TPSA) is 45.4 Å². The van der Waals surface area contributed by atoms with Crippen LogP contribution in [0, 0.1) is 5.82 Å². The Hall–Kier alpha value is -2.28. The molecule has 1 aliphatic rings. The van der Waals surface area contributed by atoms with Crippen molar-refractivity contribution in [3.63, 3.8) is 0 Å². The predicted molar refractivity (Wildman–Crippen MR) is 102 cm³/mol. The first-order valence-corrected chi connectivity index (χ1v) is 9.32. The van der Waals surface area contributed by atoms with E-state index >= 15 is 0 Å². The van der Waals surface area contributed by atoms with Crippen LogP contribution in [0.4, 0.5) is 4.39 Å². The minimum Gasteiger partial charge on any atom is -0.338 e. The number of benzene rings is 2. The van der Waals surface area contributed by atoms with E-state index in [-0.39, 0.29) is 5.82 Å². The summed E-state index contributed by atoms with van der Waals surface area (Å²) in [5.41, 5.74) is 1.62. The highest BCUT2D eigenvalue weighted by molar-refractivity contribution is 6.30. The third-order valence-electron chi connectivity index (χ3n) is 4.75. The number of aromatic nitrogens is 2. The molecule has 0 saturated carbocycles. The maximum absolute atomic E-state index is 13.8. The van der Waals surface area contributed by atoms with Crippen LogP contribution in [0.1, 0.15) is 11.5 Å². The van der Waals surface area contributed by atoms with Crippen molar-refractivity contribution in [1.82, 2.24) is 19.9 Å². The summed E-state index contributed by atoms with van der Waals surface area (Å²) < 4.78 is 19.2. The van der Waals surface area contributed by atoms with E-state index in [0.29, 0.717) is 29.8 Å². The van der Waals surface area contributed by atoms with Crippen LogP contribution >= 0.6 is 11.6 Å². The first kappa shape index (κ1) is 18.1. The molecule has 1 fully saturated rings. The monoisotopic (exact) mass is 386 g/mol. The highest BCUT2D eigenvalue weighted by Gasteiger charge is 2.20. The molecule has 1 saturated heterocycles. The Morgan fingerprint density at radius 3 is 2.30 bits per heavy atom. The van der Waals surface area contributed by atoms with Gasteiger partial charge >= 0.3 is 0 Å². The molecule has 140 valence electrons. The summed E-state index contributed by atoms with van der Waals surface area (Å²) in [6.45, 7) is 4.79. The molecule has 0 unspecified atom stereocenters. The van der Waals surface area contributed by atoms with Crippen molar-refractivity contribution < 1.29 is 8.91 Å². The van der Waals surface area contributed by atoms with E-state index in [1.165, 1.54) is 6.07 Å². The lowest BCUT2D eigenvalue weighted by atomic mass is 10.2. The zero-order chi connectivity index (χ0) is 18.6. The van der Waals surface area contributed by atoms with Gasteiger partial charge in [-0.15, -0.1) is 0 Å². The van der Waals surface area contributed by atoms with Crippen LogP contribution in [0.2, 0.25) is 5.02 Å². The second-order valence-electron chi connectivity index (χ2n) is 6.66. The lowest BCUT2D eigenvalue weighted by Gasteiger charge is -2.33. The zero-order valence-corrected chi connectivity index (χ0v) is 15.6. The third kappa shape index (κ3) is 4.53. The number of halogens is 2. The van der Waals surface area contributed by atoms with Gasteiger partial charge in [0.2, 0.25) is 11.7 Å². The van der Waals surface area contributed by atoms with E-state index in [9.17, 15) is 4.39 Å². The summed E-state index contributed by atoms with van der Waals surface area (Å²) in [6.07, 6.45) is 0. The molecular weight excluding hydrogens is 367 g/mol. The van der Waals surface area contributed by atoms with Crippen molar-refractivity contribution in [1.29, 1.82) is 0 Å². The predicted octanol–water partition coefficient (Wildman–Crippen LogP) is 3.85. The van der Waals surface area contributed by atoms with Crippen molar-refractivity contribution in [2.45, 2.75) is 13.1 Å². The SMILES string of the molecule is Fc1ccccc1CN1CCN(Cc2nc(-c3ccc(Cl)cc3)no2)CC1. The Balaban J connectivity index is 1.31. The zero-order valence-electron chi connectivity index (χ0n) is 14.8. The number of hydrogen-bond donors (Lipinski definition) is 0. The summed E-state index contributed by atoms with van der Waals surface area (Å²) >= 11 is 5.91. The van der Waals surface area contributed by atoms with Crippen molar-refractivity contribution in [3.05, 3.63) is 70.8 Å². The van der Waals surface area contributed by atoms with Gasteiger partial charge in [-0.25, -0.2) is 4.39 Å². The first-order chi connectivity index (χ1) is 13.2. The van der Waals surface area contributed by atoms with Gasteiger partial charge in [0.1, 0.15) is 5.82 Å². The van der Waals surface area contributed by atoms with E-state index < -0.39 is 0 Å². The molecule has 0 radical (unpaired) electrons. The van der Waals surface area contributed by atoms with Crippen LogP contribution in [0.3, 0.4) is 0 Å². The van der Waals surface area contributed by atoms with Gasteiger partial charge in [-0.3, -0.25) is 9.80 Å². The number of rotatable bonds is 5. The van der Waals surface area contributed by atoms with Crippen molar-refractivity contribution in [2.75, 3.05) is 26.2 Å². The fourth-order valence-electron chi connectivity index (χ4n) is 3.20. The minimum absolute atomic E-state index is 0.138. The average molecular weight is 387 g/mol. The maximum atomic E-state index is 13.8. The van der Waals surface area contributed by atoms with Gasteiger partial charge in [0.15, 0.2) is 0 Å². The molecule has 7 heteroatoms. The van der Waals surface area contributed by atoms with Gasteiger partial charge in [0, 0.05) is 48.9 Å². The maximum Gasteiger partial charge on any atom is 0.241 e. The molecule has 0 bridgehead atoms. The number of hydrogen-bond acceptors (Lipinski definition) is 5. The lowest BCUT2D eigenvalue weighted by Crippen LogP contribution is -2.45. The molecule has 1 aromatic heterocycles. The smallest absolute Gasteiger partial charge is 0.241 e. The summed E-state index contributed by atoms with van der Waals surface area (Å²) in [4.78, 5) is 9.02. The van der Waals surface area contributed by atoms with Crippen LogP contribution in [-0.2, 0) is 13.1 Å². The van der Waals surface area contributed by atoms with Crippen LogP contribution in [0.25, 0.3) is 11.4 Å². The van der Waals surface area contributed by atoms with Gasteiger partial charge in [0.25, 0.3) is 0 Å². The third-order valence-corrected chi connectivity index (χ3v) is 5.00.